The Bertz CT molecular complexity index is 1120. The fraction of sp³-hybridized carbons (Fsp3) is 0.320. The summed E-state index contributed by atoms with van der Waals surface area (Å²) in [5.74, 6) is 0.433. The van der Waals surface area contributed by atoms with Gasteiger partial charge in [-0.05, 0) is 38.1 Å². The Labute approximate surface area is 199 Å². The summed E-state index contributed by atoms with van der Waals surface area (Å²) in [5, 5.41) is 3.51. The Morgan fingerprint density at radius 1 is 1.12 bits per heavy atom. The summed E-state index contributed by atoms with van der Waals surface area (Å²) in [4.78, 5) is 31.7. The minimum atomic E-state index is -0.324. The maximum absolute atomic E-state index is 13.0. The molecule has 0 spiro atoms. The molecule has 2 amide bonds. The van der Waals surface area contributed by atoms with Crippen LogP contribution in [0, 0.1) is 5.92 Å². The van der Waals surface area contributed by atoms with Gasteiger partial charge in [-0.2, -0.15) is 0 Å². The second kappa shape index (κ2) is 10.5. The SMILES string of the molecule is COc1cccc(-n2cc(-c3ccc(Cl)cc3)nc2NC(=O)CN(C(=O)C(C)C)C(C)C)c1. The number of halogens is 1. The lowest BCUT2D eigenvalue weighted by molar-refractivity contribution is -0.139. The summed E-state index contributed by atoms with van der Waals surface area (Å²) in [6.45, 7) is 7.37. The zero-order chi connectivity index (χ0) is 24.1. The van der Waals surface area contributed by atoms with Crippen LogP contribution in [-0.2, 0) is 9.59 Å². The molecule has 3 aromatic rings. The number of hydrogen-bond donors (Lipinski definition) is 1. The van der Waals surface area contributed by atoms with E-state index in [-0.39, 0.29) is 30.3 Å². The first-order valence-electron chi connectivity index (χ1n) is 10.8. The lowest BCUT2D eigenvalue weighted by atomic mass is 10.1. The molecule has 7 nitrogen and oxygen atoms in total. The zero-order valence-electron chi connectivity index (χ0n) is 19.5. The van der Waals surface area contributed by atoms with Gasteiger partial charge in [0, 0.05) is 34.8 Å². The summed E-state index contributed by atoms with van der Waals surface area (Å²) < 4.78 is 7.14. The van der Waals surface area contributed by atoms with Gasteiger partial charge in [-0.3, -0.25) is 19.5 Å². The second-order valence-corrected chi connectivity index (χ2v) is 8.73. The number of hydrogen-bond acceptors (Lipinski definition) is 4. The van der Waals surface area contributed by atoms with E-state index in [0.29, 0.717) is 22.4 Å². The quantitative estimate of drug-likeness (QED) is 0.503. The van der Waals surface area contributed by atoms with Crippen molar-refractivity contribution in [3.05, 3.63) is 59.8 Å². The number of rotatable bonds is 8. The van der Waals surface area contributed by atoms with E-state index in [0.717, 1.165) is 11.3 Å². The normalized spacial score (nSPS) is 11.0. The minimum Gasteiger partial charge on any atom is -0.497 e. The molecule has 0 atom stereocenters. The van der Waals surface area contributed by atoms with Gasteiger partial charge < -0.3 is 9.64 Å². The molecule has 0 aliphatic rings. The molecule has 1 heterocycles. The zero-order valence-corrected chi connectivity index (χ0v) is 20.3. The van der Waals surface area contributed by atoms with Crippen LogP contribution in [0.15, 0.2) is 54.7 Å². The molecule has 0 radical (unpaired) electrons. The van der Waals surface area contributed by atoms with E-state index >= 15 is 0 Å². The fourth-order valence-corrected chi connectivity index (χ4v) is 3.48. The predicted molar refractivity (Wildman–Crippen MR) is 131 cm³/mol. The Kier molecular flexibility index (Phi) is 7.76. The van der Waals surface area contributed by atoms with Crippen LogP contribution in [0.5, 0.6) is 5.75 Å². The summed E-state index contributed by atoms with van der Waals surface area (Å²) in [6, 6.07) is 14.7. The molecular formula is C25H29ClN4O3. The van der Waals surface area contributed by atoms with Crippen molar-refractivity contribution < 1.29 is 14.3 Å². The summed E-state index contributed by atoms with van der Waals surface area (Å²) in [5.41, 5.74) is 2.30. The Morgan fingerprint density at radius 2 is 1.82 bits per heavy atom. The van der Waals surface area contributed by atoms with Gasteiger partial charge in [0.25, 0.3) is 0 Å². The van der Waals surface area contributed by atoms with Gasteiger partial charge in [0.05, 0.1) is 18.5 Å². The molecule has 8 heteroatoms. The predicted octanol–water partition coefficient (Wildman–Crippen LogP) is 5.03. The van der Waals surface area contributed by atoms with E-state index in [1.165, 1.54) is 0 Å². The molecule has 0 aliphatic carbocycles. The summed E-state index contributed by atoms with van der Waals surface area (Å²) in [7, 11) is 1.60. The molecule has 1 aromatic heterocycles. The topological polar surface area (TPSA) is 76.5 Å². The molecule has 33 heavy (non-hydrogen) atoms. The standard InChI is InChI=1S/C25H29ClN4O3/c1-16(2)24(32)29(17(3)4)15-23(31)28-25-27-22(18-9-11-19(26)12-10-18)14-30(25)20-7-6-8-21(13-20)33-5/h6-14,16-17H,15H2,1-5H3,(H,27,28,31). The summed E-state index contributed by atoms with van der Waals surface area (Å²) in [6.07, 6.45) is 1.84. The Hall–Kier alpha value is -3.32. The van der Waals surface area contributed by atoms with E-state index in [1.54, 1.807) is 28.7 Å². The number of imidazole rings is 1. The average Bonchev–Trinajstić information content (AvgIpc) is 3.20. The van der Waals surface area contributed by atoms with E-state index < -0.39 is 0 Å². The van der Waals surface area contributed by atoms with Gasteiger partial charge in [-0.15, -0.1) is 0 Å². The van der Waals surface area contributed by atoms with Gasteiger partial charge >= 0.3 is 0 Å². The largest absolute Gasteiger partial charge is 0.497 e. The maximum Gasteiger partial charge on any atom is 0.246 e. The lowest BCUT2D eigenvalue weighted by Gasteiger charge is -2.27. The highest BCUT2D eigenvalue weighted by Crippen LogP contribution is 2.27. The number of nitrogens with zero attached hydrogens (tertiary/aromatic N) is 3. The van der Waals surface area contributed by atoms with Crippen LogP contribution in [0.4, 0.5) is 5.95 Å². The highest BCUT2D eigenvalue weighted by Gasteiger charge is 2.23. The lowest BCUT2D eigenvalue weighted by Crippen LogP contribution is -2.44. The van der Waals surface area contributed by atoms with E-state index in [9.17, 15) is 9.59 Å². The molecule has 3 rings (SSSR count). The number of nitrogens with one attached hydrogen (secondary N) is 1. The third-order valence-electron chi connectivity index (χ3n) is 5.14. The van der Waals surface area contributed by atoms with Crippen molar-refractivity contribution >= 4 is 29.4 Å². The maximum atomic E-state index is 13.0. The first kappa shape index (κ1) is 24.3. The molecule has 0 aliphatic heterocycles. The smallest absolute Gasteiger partial charge is 0.246 e. The van der Waals surface area contributed by atoms with Crippen LogP contribution in [0.2, 0.25) is 5.02 Å². The van der Waals surface area contributed by atoms with Crippen LogP contribution in [0.3, 0.4) is 0 Å². The molecule has 174 valence electrons. The highest BCUT2D eigenvalue weighted by molar-refractivity contribution is 6.30. The molecule has 2 aromatic carbocycles. The van der Waals surface area contributed by atoms with Crippen molar-refractivity contribution in [2.75, 3.05) is 19.0 Å². The number of aromatic nitrogens is 2. The third kappa shape index (κ3) is 5.93. The molecule has 0 saturated heterocycles. The van der Waals surface area contributed by atoms with Gasteiger partial charge in [0.15, 0.2) is 0 Å². The van der Waals surface area contributed by atoms with E-state index in [1.807, 2.05) is 70.3 Å². The van der Waals surface area contributed by atoms with E-state index in [4.69, 9.17) is 16.3 Å². The van der Waals surface area contributed by atoms with Crippen molar-refractivity contribution in [3.8, 4) is 22.7 Å². The Morgan fingerprint density at radius 3 is 2.42 bits per heavy atom. The third-order valence-corrected chi connectivity index (χ3v) is 5.39. The van der Waals surface area contributed by atoms with Crippen molar-refractivity contribution in [2.45, 2.75) is 33.7 Å². The molecule has 0 fully saturated rings. The van der Waals surface area contributed by atoms with Crippen molar-refractivity contribution in [1.29, 1.82) is 0 Å². The molecule has 0 saturated carbocycles. The first-order valence-corrected chi connectivity index (χ1v) is 11.2. The number of amides is 2. The van der Waals surface area contributed by atoms with Crippen molar-refractivity contribution in [3.63, 3.8) is 0 Å². The van der Waals surface area contributed by atoms with Crippen molar-refractivity contribution in [2.24, 2.45) is 5.92 Å². The number of carbonyl (C=O) groups excluding carboxylic acids is 2. The molecular weight excluding hydrogens is 440 g/mol. The molecule has 0 unspecified atom stereocenters. The number of methoxy groups -OCH3 is 1. The van der Waals surface area contributed by atoms with Crippen LogP contribution in [0.25, 0.3) is 16.9 Å². The van der Waals surface area contributed by atoms with Gasteiger partial charge in [0.1, 0.15) is 12.3 Å². The molecule has 1 N–H and O–H groups in total. The van der Waals surface area contributed by atoms with Crippen molar-refractivity contribution in [1.82, 2.24) is 14.5 Å². The van der Waals surface area contributed by atoms with Crippen LogP contribution < -0.4 is 10.1 Å². The van der Waals surface area contributed by atoms with E-state index in [2.05, 4.69) is 10.3 Å². The minimum absolute atomic E-state index is 0.0596. The van der Waals surface area contributed by atoms with Gasteiger partial charge in [-0.25, -0.2) is 4.98 Å². The number of benzene rings is 2. The number of ether oxygens (including phenoxy) is 1. The number of anilines is 1. The number of carbonyl (C=O) groups is 2. The monoisotopic (exact) mass is 468 g/mol. The van der Waals surface area contributed by atoms with Crippen LogP contribution in [-0.4, -0.2) is 46.0 Å². The molecule has 0 bridgehead atoms. The van der Waals surface area contributed by atoms with Gasteiger partial charge in [-0.1, -0.05) is 43.6 Å². The summed E-state index contributed by atoms with van der Waals surface area (Å²) >= 11 is 6.03. The Balaban J connectivity index is 1.95. The van der Waals surface area contributed by atoms with Crippen LogP contribution >= 0.6 is 11.6 Å². The van der Waals surface area contributed by atoms with Crippen LogP contribution in [0.1, 0.15) is 27.7 Å². The average molecular weight is 469 g/mol. The second-order valence-electron chi connectivity index (χ2n) is 8.29. The van der Waals surface area contributed by atoms with Gasteiger partial charge in [0.2, 0.25) is 17.8 Å². The highest BCUT2D eigenvalue weighted by atomic mass is 35.5. The first-order chi connectivity index (χ1) is 15.7. The fourth-order valence-electron chi connectivity index (χ4n) is 3.35.